The molecule has 0 saturated carbocycles. The number of carbonyl (C=O) groups excluding carboxylic acids is 1. The number of aromatic nitrogens is 2. The molecule has 0 aliphatic heterocycles. The Balaban J connectivity index is 1.56. The molecule has 0 unspecified atom stereocenters. The van der Waals surface area contributed by atoms with Crippen LogP contribution in [0.2, 0.25) is 0 Å². The third-order valence-electron chi connectivity index (χ3n) is 5.05. The van der Waals surface area contributed by atoms with Crippen molar-refractivity contribution in [2.75, 3.05) is 37.2 Å². The smallest absolute Gasteiger partial charge is 0.272 e. The van der Waals surface area contributed by atoms with Crippen molar-refractivity contribution in [1.82, 2.24) is 9.55 Å². The number of thioether (sulfide) groups is 1. The van der Waals surface area contributed by atoms with E-state index in [1.807, 2.05) is 79.0 Å². The zero-order valence-corrected chi connectivity index (χ0v) is 20.2. The van der Waals surface area contributed by atoms with Crippen molar-refractivity contribution < 1.29 is 9.53 Å². The number of nitrogens with zero attached hydrogens (tertiary/aromatic N) is 3. The van der Waals surface area contributed by atoms with Gasteiger partial charge < -0.3 is 15.0 Å². The number of fused-ring (bicyclic) bond motifs is 1. The van der Waals surface area contributed by atoms with Gasteiger partial charge in [-0.3, -0.25) is 14.2 Å². The molecule has 0 spiro atoms. The van der Waals surface area contributed by atoms with Gasteiger partial charge in [0.15, 0.2) is 5.16 Å². The minimum absolute atomic E-state index is 0.122. The third kappa shape index (κ3) is 5.20. The predicted octanol–water partition coefficient (Wildman–Crippen LogP) is 4.31. The standard InChI is InChI=1S/C24H24N4O3S2/c1-27(2)18-10-8-17(9-11-18)25-21(29)15-33-24-26-19-12-13-32-22(19)23(30)28(24)14-16-6-4-5-7-20(16)31-3/h4-13H,14-15H2,1-3H3,(H,25,29). The average molecular weight is 481 g/mol. The molecule has 2 heterocycles. The minimum Gasteiger partial charge on any atom is -0.496 e. The second kappa shape index (κ2) is 10.1. The van der Waals surface area contributed by atoms with Crippen molar-refractivity contribution in [3.05, 3.63) is 75.9 Å². The van der Waals surface area contributed by atoms with Gasteiger partial charge in [0.25, 0.3) is 5.56 Å². The molecule has 33 heavy (non-hydrogen) atoms. The summed E-state index contributed by atoms with van der Waals surface area (Å²) in [7, 11) is 5.53. The first-order chi connectivity index (χ1) is 16.0. The van der Waals surface area contributed by atoms with E-state index in [4.69, 9.17) is 4.74 Å². The molecule has 4 rings (SSSR count). The van der Waals surface area contributed by atoms with Crippen molar-refractivity contribution in [1.29, 1.82) is 0 Å². The fraction of sp³-hybridized carbons (Fsp3) is 0.208. The summed E-state index contributed by atoms with van der Waals surface area (Å²) in [5.41, 5.74) is 3.16. The summed E-state index contributed by atoms with van der Waals surface area (Å²) < 4.78 is 7.66. The highest BCUT2D eigenvalue weighted by Crippen LogP contribution is 2.25. The van der Waals surface area contributed by atoms with Crippen LogP contribution in [0.1, 0.15) is 5.56 Å². The number of methoxy groups -OCH3 is 1. The summed E-state index contributed by atoms with van der Waals surface area (Å²) in [6.07, 6.45) is 0. The summed E-state index contributed by atoms with van der Waals surface area (Å²) >= 11 is 2.61. The Morgan fingerprint density at radius 1 is 1.15 bits per heavy atom. The van der Waals surface area contributed by atoms with Crippen LogP contribution in [0, 0.1) is 0 Å². The van der Waals surface area contributed by atoms with Gasteiger partial charge in [-0.05, 0) is 41.8 Å². The maximum absolute atomic E-state index is 13.2. The molecule has 2 aromatic carbocycles. The van der Waals surface area contributed by atoms with Gasteiger partial charge in [0.05, 0.1) is 24.9 Å². The molecule has 0 fully saturated rings. The molecule has 0 atom stereocenters. The molecular weight excluding hydrogens is 456 g/mol. The molecule has 7 nitrogen and oxygen atoms in total. The molecule has 0 aliphatic rings. The number of hydrogen-bond donors (Lipinski definition) is 1. The van der Waals surface area contributed by atoms with Gasteiger partial charge in [-0.1, -0.05) is 30.0 Å². The zero-order valence-electron chi connectivity index (χ0n) is 18.6. The molecule has 4 aromatic rings. The van der Waals surface area contributed by atoms with Crippen LogP contribution in [0.3, 0.4) is 0 Å². The molecule has 0 saturated heterocycles. The summed E-state index contributed by atoms with van der Waals surface area (Å²) in [4.78, 5) is 32.5. The highest BCUT2D eigenvalue weighted by atomic mass is 32.2. The largest absolute Gasteiger partial charge is 0.496 e. The lowest BCUT2D eigenvalue weighted by Crippen LogP contribution is -2.24. The number of para-hydroxylation sites is 1. The number of rotatable bonds is 8. The Kier molecular flexibility index (Phi) is 7.00. The topological polar surface area (TPSA) is 76.5 Å². The SMILES string of the molecule is COc1ccccc1Cn1c(SCC(=O)Nc2ccc(N(C)C)cc2)nc2ccsc2c1=O. The lowest BCUT2D eigenvalue weighted by atomic mass is 10.2. The molecule has 1 amide bonds. The molecule has 9 heteroatoms. The maximum Gasteiger partial charge on any atom is 0.272 e. The lowest BCUT2D eigenvalue weighted by Gasteiger charge is -2.14. The monoisotopic (exact) mass is 480 g/mol. The second-order valence-electron chi connectivity index (χ2n) is 7.51. The summed E-state index contributed by atoms with van der Waals surface area (Å²) in [6, 6.07) is 17.0. The van der Waals surface area contributed by atoms with E-state index in [0.717, 1.165) is 16.9 Å². The van der Waals surface area contributed by atoms with Gasteiger partial charge in [-0.15, -0.1) is 11.3 Å². The first-order valence-corrected chi connectivity index (χ1v) is 12.1. The summed E-state index contributed by atoms with van der Waals surface area (Å²) in [6.45, 7) is 0.305. The van der Waals surface area contributed by atoms with Gasteiger partial charge in [0, 0.05) is 31.0 Å². The average Bonchev–Trinajstić information content (AvgIpc) is 3.29. The van der Waals surface area contributed by atoms with E-state index >= 15 is 0 Å². The Morgan fingerprint density at radius 3 is 2.64 bits per heavy atom. The first-order valence-electron chi connectivity index (χ1n) is 10.3. The Hall–Kier alpha value is -3.30. The van der Waals surface area contributed by atoms with Crippen LogP contribution in [0.4, 0.5) is 11.4 Å². The van der Waals surface area contributed by atoms with Crippen molar-refractivity contribution in [3.8, 4) is 5.75 Å². The molecule has 0 aliphatic carbocycles. The van der Waals surface area contributed by atoms with Crippen LogP contribution in [0.25, 0.3) is 10.2 Å². The van der Waals surface area contributed by atoms with E-state index in [1.54, 1.807) is 11.7 Å². The van der Waals surface area contributed by atoms with E-state index in [2.05, 4.69) is 10.3 Å². The number of benzene rings is 2. The van der Waals surface area contributed by atoms with Crippen LogP contribution in [0.5, 0.6) is 5.75 Å². The second-order valence-corrected chi connectivity index (χ2v) is 9.37. The van der Waals surface area contributed by atoms with Gasteiger partial charge >= 0.3 is 0 Å². The molecule has 0 bridgehead atoms. The fourth-order valence-electron chi connectivity index (χ4n) is 3.35. The fourth-order valence-corrected chi connectivity index (χ4v) is 4.92. The van der Waals surface area contributed by atoms with E-state index in [1.165, 1.54) is 23.1 Å². The van der Waals surface area contributed by atoms with Gasteiger partial charge in [0.2, 0.25) is 5.91 Å². The van der Waals surface area contributed by atoms with Gasteiger partial charge in [0.1, 0.15) is 10.4 Å². The van der Waals surface area contributed by atoms with Crippen molar-refractivity contribution in [2.24, 2.45) is 0 Å². The van der Waals surface area contributed by atoms with E-state index in [-0.39, 0.29) is 17.2 Å². The van der Waals surface area contributed by atoms with Crippen molar-refractivity contribution in [2.45, 2.75) is 11.7 Å². The number of anilines is 2. The number of hydrogen-bond acceptors (Lipinski definition) is 7. The van der Waals surface area contributed by atoms with Crippen molar-refractivity contribution >= 4 is 50.6 Å². The summed E-state index contributed by atoms with van der Waals surface area (Å²) in [5, 5.41) is 5.25. The highest BCUT2D eigenvalue weighted by Gasteiger charge is 2.16. The Morgan fingerprint density at radius 2 is 1.91 bits per heavy atom. The van der Waals surface area contributed by atoms with Crippen LogP contribution in [0.15, 0.2) is 69.9 Å². The van der Waals surface area contributed by atoms with Gasteiger partial charge in [-0.2, -0.15) is 0 Å². The van der Waals surface area contributed by atoms with Crippen LogP contribution in [-0.4, -0.2) is 42.4 Å². The van der Waals surface area contributed by atoms with Crippen LogP contribution in [-0.2, 0) is 11.3 Å². The normalized spacial score (nSPS) is 10.9. The first kappa shape index (κ1) is 22.9. The summed E-state index contributed by atoms with van der Waals surface area (Å²) in [5.74, 6) is 0.662. The number of ether oxygens (including phenoxy) is 1. The van der Waals surface area contributed by atoms with E-state index < -0.39 is 0 Å². The molecule has 170 valence electrons. The van der Waals surface area contributed by atoms with Crippen LogP contribution < -0.4 is 20.5 Å². The Labute approximate surface area is 200 Å². The number of nitrogens with one attached hydrogen (secondary N) is 1. The quantitative estimate of drug-likeness (QED) is 0.299. The number of thiophene rings is 1. The molecule has 2 aromatic heterocycles. The lowest BCUT2D eigenvalue weighted by molar-refractivity contribution is -0.113. The third-order valence-corrected chi connectivity index (χ3v) is 6.92. The van der Waals surface area contributed by atoms with E-state index in [0.29, 0.717) is 27.7 Å². The van der Waals surface area contributed by atoms with Crippen LogP contribution >= 0.6 is 23.1 Å². The number of amides is 1. The number of carbonyl (C=O) groups is 1. The predicted molar refractivity (Wildman–Crippen MR) is 136 cm³/mol. The maximum atomic E-state index is 13.2. The minimum atomic E-state index is -0.166. The molecular formula is C24H24N4O3S2. The molecule has 0 radical (unpaired) electrons. The molecule has 1 N–H and O–H groups in total. The zero-order chi connectivity index (χ0) is 23.4. The van der Waals surface area contributed by atoms with Crippen molar-refractivity contribution in [3.63, 3.8) is 0 Å². The highest BCUT2D eigenvalue weighted by molar-refractivity contribution is 7.99. The van der Waals surface area contributed by atoms with Gasteiger partial charge in [-0.25, -0.2) is 4.98 Å². The van der Waals surface area contributed by atoms with E-state index in [9.17, 15) is 9.59 Å². The Bertz CT molecular complexity index is 1330.